The van der Waals surface area contributed by atoms with Crippen LogP contribution in [-0.4, -0.2) is 31.0 Å². The van der Waals surface area contributed by atoms with E-state index in [2.05, 4.69) is 31.1 Å². The van der Waals surface area contributed by atoms with E-state index in [0.717, 1.165) is 0 Å². The average molecular weight is 200 g/mol. The molecule has 0 radical (unpaired) electrons. The van der Waals surface area contributed by atoms with E-state index in [0.29, 0.717) is 6.42 Å². The maximum atomic E-state index is 9.47. The number of aliphatic hydroxyl groups excluding tert-OH is 2. The Morgan fingerprint density at radius 2 is 1.85 bits per heavy atom. The van der Waals surface area contributed by atoms with E-state index in [-0.39, 0.29) is 12.5 Å². The molecule has 0 rings (SSSR count). The lowest BCUT2D eigenvalue weighted by Crippen LogP contribution is -2.20. The zero-order chi connectivity index (χ0) is 10.5. The van der Waals surface area contributed by atoms with Crippen LogP contribution >= 0.6 is 0 Å². The van der Waals surface area contributed by atoms with Gasteiger partial charge in [-0.2, -0.15) is 0 Å². The van der Waals surface area contributed by atoms with E-state index in [1.165, 1.54) is 0 Å². The second-order valence-electron chi connectivity index (χ2n) is 4.39. The Balaban J connectivity index is 4.10. The van der Waals surface area contributed by atoms with Crippen LogP contribution in [0.3, 0.4) is 0 Å². The van der Waals surface area contributed by atoms with Crippen molar-refractivity contribution in [3.05, 3.63) is 0 Å². The third-order valence-corrected chi connectivity index (χ3v) is 2.57. The molecule has 0 fully saturated rings. The summed E-state index contributed by atoms with van der Waals surface area (Å²) in [6.45, 7) is 8.44. The van der Waals surface area contributed by atoms with Crippen LogP contribution in [0.1, 0.15) is 13.3 Å². The van der Waals surface area contributed by atoms with Crippen molar-refractivity contribution in [3.63, 3.8) is 0 Å². The fourth-order valence-corrected chi connectivity index (χ4v) is 1.47. The maximum absolute atomic E-state index is 9.47. The summed E-state index contributed by atoms with van der Waals surface area (Å²) in [5.41, 5.74) is 3.21. The van der Waals surface area contributed by atoms with E-state index < -0.39 is 14.2 Å². The molecule has 0 aromatic heterocycles. The Morgan fingerprint density at radius 3 is 2.23 bits per heavy atom. The van der Waals surface area contributed by atoms with Gasteiger partial charge in [-0.3, -0.25) is 0 Å². The Bertz CT molecular complexity index is 197. The van der Waals surface area contributed by atoms with Gasteiger partial charge in [0.1, 0.15) is 8.07 Å². The maximum Gasteiger partial charge on any atom is 0.129 e. The zero-order valence-electron chi connectivity index (χ0n) is 8.96. The number of rotatable bonds is 3. The van der Waals surface area contributed by atoms with Crippen LogP contribution in [0.25, 0.3) is 0 Å². The smallest absolute Gasteiger partial charge is 0.129 e. The van der Waals surface area contributed by atoms with Crippen molar-refractivity contribution in [2.45, 2.75) is 39.1 Å². The highest BCUT2D eigenvalue weighted by Gasteiger charge is 2.12. The minimum absolute atomic E-state index is 0.0279. The Hall–Kier alpha value is -0.303. The highest BCUT2D eigenvalue weighted by atomic mass is 28.3. The second kappa shape index (κ2) is 5.43. The molecule has 0 bridgehead atoms. The van der Waals surface area contributed by atoms with E-state index in [1.807, 2.05) is 6.92 Å². The van der Waals surface area contributed by atoms with Gasteiger partial charge in [-0.15, -0.1) is 11.5 Å². The van der Waals surface area contributed by atoms with Crippen molar-refractivity contribution in [3.8, 4) is 11.5 Å². The van der Waals surface area contributed by atoms with Crippen LogP contribution in [0.4, 0.5) is 0 Å². The lowest BCUT2D eigenvalue weighted by atomic mass is 10.0. The molecule has 2 atom stereocenters. The molecule has 0 aliphatic rings. The second-order valence-corrected chi connectivity index (χ2v) is 9.14. The van der Waals surface area contributed by atoms with Gasteiger partial charge >= 0.3 is 0 Å². The molecule has 0 saturated heterocycles. The van der Waals surface area contributed by atoms with E-state index in [1.54, 1.807) is 0 Å². The number of hydrogen-bond donors (Lipinski definition) is 2. The first kappa shape index (κ1) is 12.7. The lowest BCUT2D eigenvalue weighted by Gasteiger charge is -2.12. The zero-order valence-corrected chi connectivity index (χ0v) is 9.96. The largest absolute Gasteiger partial charge is 0.396 e. The molecule has 2 N–H and O–H groups in total. The summed E-state index contributed by atoms with van der Waals surface area (Å²) >= 11 is 0. The van der Waals surface area contributed by atoms with Gasteiger partial charge in [-0.05, 0) is 13.3 Å². The fraction of sp³-hybridized carbons (Fsp3) is 0.800. The van der Waals surface area contributed by atoms with Crippen molar-refractivity contribution >= 4 is 8.07 Å². The number of aliphatic hydroxyl groups is 2. The molecule has 0 amide bonds. The number of hydrogen-bond acceptors (Lipinski definition) is 2. The molecule has 3 heteroatoms. The topological polar surface area (TPSA) is 40.5 Å². The van der Waals surface area contributed by atoms with Crippen LogP contribution in [-0.2, 0) is 0 Å². The molecule has 0 aliphatic heterocycles. The summed E-state index contributed by atoms with van der Waals surface area (Å²) in [6, 6.07) is 0. The van der Waals surface area contributed by atoms with E-state index in [4.69, 9.17) is 5.11 Å². The summed E-state index contributed by atoms with van der Waals surface area (Å²) < 4.78 is 0. The minimum Gasteiger partial charge on any atom is -0.396 e. The minimum atomic E-state index is -1.32. The van der Waals surface area contributed by atoms with E-state index in [9.17, 15) is 5.11 Å². The van der Waals surface area contributed by atoms with Crippen LogP contribution in [0.15, 0.2) is 0 Å². The Kier molecular flexibility index (Phi) is 5.31. The van der Waals surface area contributed by atoms with Crippen molar-refractivity contribution < 1.29 is 10.2 Å². The summed E-state index contributed by atoms with van der Waals surface area (Å²) in [5.74, 6) is 3.03. The summed E-state index contributed by atoms with van der Waals surface area (Å²) in [6.07, 6.45) is -0.0736. The molecule has 2 nitrogen and oxygen atoms in total. The van der Waals surface area contributed by atoms with E-state index >= 15 is 0 Å². The van der Waals surface area contributed by atoms with Gasteiger partial charge in [0.2, 0.25) is 0 Å². The third kappa shape index (κ3) is 6.82. The van der Waals surface area contributed by atoms with Crippen molar-refractivity contribution in [1.29, 1.82) is 0 Å². The first-order valence-electron chi connectivity index (χ1n) is 4.68. The first-order valence-corrected chi connectivity index (χ1v) is 8.18. The monoisotopic (exact) mass is 200 g/mol. The lowest BCUT2D eigenvalue weighted by molar-refractivity contribution is 0.106. The van der Waals surface area contributed by atoms with Crippen LogP contribution < -0.4 is 0 Å². The SMILES string of the molecule is C[C@@H](C#C[Si](C)(C)C)[C@H](O)CCO. The normalized spacial score (nSPS) is 15.8. The first-order chi connectivity index (χ1) is 5.87. The molecule has 0 heterocycles. The molecule has 13 heavy (non-hydrogen) atoms. The predicted molar refractivity (Wildman–Crippen MR) is 58.0 cm³/mol. The predicted octanol–water partition coefficient (Wildman–Crippen LogP) is 1.25. The molecule has 0 saturated carbocycles. The molecule has 0 aromatic carbocycles. The van der Waals surface area contributed by atoms with Gasteiger partial charge in [0.25, 0.3) is 0 Å². The molecule has 0 aliphatic carbocycles. The van der Waals surface area contributed by atoms with Crippen LogP contribution in [0.5, 0.6) is 0 Å². The molecular weight excluding hydrogens is 180 g/mol. The van der Waals surface area contributed by atoms with Crippen LogP contribution in [0, 0.1) is 17.4 Å². The van der Waals surface area contributed by atoms with Crippen LogP contribution in [0.2, 0.25) is 19.6 Å². The Morgan fingerprint density at radius 1 is 1.31 bits per heavy atom. The van der Waals surface area contributed by atoms with Gasteiger partial charge < -0.3 is 10.2 Å². The highest BCUT2D eigenvalue weighted by Crippen LogP contribution is 2.06. The van der Waals surface area contributed by atoms with Gasteiger partial charge in [0.15, 0.2) is 0 Å². The fourth-order valence-electron chi connectivity index (χ4n) is 0.809. The summed E-state index contributed by atoms with van der Waals surface area (Å²) in [5, 5.41) is 18.1. The molecular formula is C10H20O2Si. The summed E-state index contributed by atoms with van der Waals surface area (Å²) in [4.78, 5) is 0. The molecule has 0 spiro atoms. The van der Waals surface area contributed by atoms with Gasteiger partial charge in [-0.1, -0.05) is 19.6 Å². The van der Waals surface area contributed by atoms with Crippen molar-refractivity contribution in [2.75, 3.05) is 6.61 Å². The highest BCUT2D eigenvalue weighted by molar-refractivity contribution is 6.83. The van der Waals surface area contributed by atoms with Gasteiger partial charge in [0, 0.05) is 12.5 Å². The molecule has 76 valence electrons. The van der Waals surface area contributed by atoms with Gasteiger partial charge in [0.05, 0.1) is 6.10 Å². The average Bonchev–Trinajstić information content (AvgIpc) is 1.99. The quantitative estimate of drug-likeness (QED) is 0.532. The van der Waals surface area contributed by atoms with Crippen molar-refractivity contribution in [2.24, 2.45) is 5.92 Å². The molecule has 0 aromatic rings. The summed E-state index contributed by atoms with van der Waals surface area (Å²) in [7, 11) is -1.32. The molecule has 0 unspecified atom stereocenters. The standard InChI is InChI=1S/C10H20O2Si/c1-9(10(12)5-7-11)6-8-13(2,3)4/h9-12H,5,7H2,1-4H3/t9-,10+/m0/s1. The Labute approximate surface area is 82.0 Å². The van der Waals surface area contributed by atoms with Gasteiger partial charge in [-0.25, -0.2) is 0 Å². The third-order valence-electron chi connectivity index (χ3n) is 1.68. The van der Waals surface area contributed by atoms with Crippen molar-refractivity contribution in [1.82, 2.24) is 0 Å².